The average Bonchev–Trinajstić information content (AvgIpc) is 2.66. The summed E-state index contributed by atoms with van der Waals surface area (Å²) in [5.74, 6) is 0.883. The Hall–Kier alpha value is -1.33. The molecule has 0 radical (unpaired) electrons. The summed E-state index contributed by atoms with van der Waals surface area (Å²) < 4.78 is 8.36. The summed E-state index contributed by atoms with van der Waals surface area (Å²) >= 11 is 3.50. The van der Waals surface area contributed by atoms with E-state index in [2.05, 4.69) is 34.0 Å². The van der Waals surface area contributed by atoms with Crippen molar-refractivity contribution >= 4 is 15.9 Å². The number of hydrogen-bond acceptors (Lipinski definition) is 3. The van der Waals surface area contributed by atoms with E-state index in [1.54, 1.807) is 7.11 Å². The first-order valence-electron chi connectivity index (χ1n) is 6.99. The van der Waals surface area contributed by atoms with Crippen molar-refractivity contribution in [1.82, 2.24) is 9.78 Å². The van der Waals surface area contributed by atoms with Crippen LogP contribution in [0.3, 0.4) is 0 Å². The smallest absolute Gasteiger partial charge is 0.122 e. The van der Waals surface area contributed by atoms with E-state index in [1.165, 1.54) is 11.3 Å². The first-order valence-corrected chi connectivity index (χ1v) is 7.78. The van der Waals surface area contributed by atoms with Crippen LogP contribution < -0.4 is 10.5 Å². The Balaban J connectivity index is 2.15. The zero-order valence-corrected chi connectivity index (χ0v) is 14.6. The van der Waals surface area contributed by atoms with E-state index in [0.717, 1.165) is 34.3 Å². The molecular weight excluding hydrogens is 330 g/mol. The number of hydrogen-bond donors (Lipinski definition) is 1. The summed E-state index contributed by atoms with van der Waals surface area (Å²) in [6.45, 7) is 4.12. The lowest BCUT2D eigenvalue weighted by Gasteiger charge is -2.15. The molecule has 0 aliphatic rings. The maximum atomic E-state index is 6.35. The third-order valence-electron chi connectivity index (χ3n) is 3.85. The summed E-state index contributed by atoms with van der Waals surface area (Å²) in [6, 6.07) is 6.05. The van der Waals surface area contributed by atoms with Crippen LogP contribution >= 0.6 is 15.9 Å². The van der Waals surface area contributed by atoms with Crippen LogP contribution in [-0.4, -0.2) is 22.9 Å². The van der Waals surface area contributed by atoms with Crippen LogP contribution in [0, 0.1) is 13.8 Å². The number of nitrogens with two attached hydrogens (primary N) is 1. The molecule has 114 valence electrons. The number of rotatable bonds is 5. The van der Waals surface area contributed by atoms with Crippen molar-refractivity contribution in [2.75, 3.05) is 7.11 Å². The molecule has 2 aromatic rings. The molecule has 5 heteroatoms. The fourth-order valence-electron chi connectivity index (χ4n) is 2.64. The van der Waals surface area contributed by atoms with E-state index in [4.69, 9.17) is 10.5 Å². The predicted octanol–water partition coefficient (Wildman–Crippen LogP) is 2.92. The molecule has 1 atom stereocenters. The van der Waals surface area contributed by atoms with Gasteiger partial charge in [-0.2, -0.15) is 5.10 Å². The van der Waals surface area contributed by atoms with Crippen molar-refractivity contribution in [3.63, 3.8) is 0 Å². The molecule has 1 aromatic carbocycles. The molecule has 0 saturated heterocycles. The molecular formula is C16H22BrN3O. The molecule has 21 heavy (non-hydrogen) atoms. The fourth-order valence-corrected chi connectivity index (χ4v) is 3.04. The summed E-state index contributed by atoms with van der Waals surface area (Å²) in [5.41, 5.74) is 11.0. The Morgan fingerprint density at radius 1 is 1.33 bits per heavy atom. The van der Waals surface area contributed by atoms with Crippen LogP contribution in [0.5, 0.6) is 5.75 Å². The van der Waals surface area contributed by atoms with Crippen molar-refractivity contribution in [2.24, 2.45) is 12.8 Å². The minimum absolute atomic E-state index is 0.0369. The molecule has 1 heterocycles. The van der Waals surface area contributed by atoms with Gasteiger partial charge in [-0.05, 0) is 56.0 Å². The first kappa shape index (κ1) is 16.0. The average molecular weight is 352 g/mol. The second-order valence-corrected chi connectivity index (χ2v) is 6.31. The van der Waals surface area contributed by atoms with Gasteiger partial charge in [-0.3, -0.25) is 4.68 Å². The summed E-state index contributed by atoms with van der Waals surface area (Å²) in [5, 5.41) is 4.45. The zero-order chi connectivity index (χ0) is 15.6. The van der Waals surface area contributed by atoms with Crippen molar-refractivity contribution < 1.29 is 4.74 Å². The van der Waals surface area contributed by atoms with Crippen LogP contribution in [0.4, 0.5) is 0 Å². The predicted molar refractivity (Wildman–Crippen MR) is 88.8 cm³/mol. The van der Waals surface area contributed by atoms with Crippen molar-refractivity contribution in [3.05, 3.63) is 45.2 Å². The summed E-state index contributed by atoms with van der Waals surface area (Å²) in [7, 11) is 3.66. The lowest BCUT2D eigenvalue weighted by atomic mass is 9.98. The third-order valence-corrected chi connectivity index (χ3v) is 4.34. The minimum Gasteiger partial charge on any atom is -0.496 e. The quantitative estimate of drug-likeness (QED) is 0.900. The van der Waals surface area contributed by atoms with Crippen LogP contribution in [0.2, 0.25) is 0 Å². The van der Waals surface area contributed by atoms with E-state index >= 15 is 0 Å². The highest BCUT2D eigenvalue weighted by molar-refractivity contribution is 9.10. The van der Waals surface area contributed by atoms with Gasteiger partial charge < -0.3 is 10.5 Å². The molecule has 0 fully saturated rings. The highest BCUT2D eigenvalue weighted by Gasteiger charge is 2.15. The number of ether oxygens (including phenoxy) is 1. The number of aromatic nitrogens is 2. The number of halogens is 1. The third kappa shape index (κ3) is 3.66. The molecule has 4 nitrogen and oxygen atoms in total. The van der Waals surface area contributed by atoms with E-state index < -0.39 is 0 Å². The standard InChI is InChI=1S/C16H22BrN3O/c1-10-15(11(2)20(3)19-10)9-14(18)8-12-7-13(17)5-6-16(12)21-4/h5-7,14H,8-9,18H2,1-4H3. The maximum absolute atomic E-state index is 6.35. The molecule has 0 aliphatic heterocycles. The molecule has 0 aliphatic carbocycles. The van der Waals surface area contributed by atoms with Gasteiger partial charge in [-0.25, -0.2) is 0 Å². The van der Waals surface area contributed by atoms with E-state index in [9.17, 15) is 0 Å². The lowest BCUT2D eigenvalue weighted by molar-refractivity contribution is 0.407. The summed E-state index contributed by atoms with van der Waals surface area (Å²) in [4.78, 5) is 0. The topological polar surface area (TPSA) is 53.1 Å². The van der Waals surface area contributed by atoms with E-state index in [0.29, 0.717) is 0 Å². The van der Waals surface area contributed by atoms with Crippen molar-refractivity contribution in [3.8, 4) is 5.75 Å². The number of methoxy groups -OCH3 is 1. The zero-order valence-electron chi connectivity index (χ0n) is 13.0. The Bertz CT molecular complexity index is 637. The Labute approximate surface area is 134 Å². The van der Waals surface area contributed by atoms with Gasteiger partial charge in [0.1, 0.15) is 5.75 Å². The first-order chi connectivity index (χ1) is 9.92. The molecule has 2 rings (SSSR count). The van der Waals surface area contributed by atoms with E-state index in [1.807, 2.05) is 30.8 Å². The van der Waals surface area contributed by atoms with Gasteiger partial charge in [-0.1, -0.05) is 15.9 Å². The van der Waals surface area contributed by atoms with Crippen LogP contribution in [0.1, 0.15) is 22.5 Å². The second kappa shape index (κ2) is 6.62. The van der Waals surface area contributed by atoms with Crippen LogP contribution in [0.25, 0.3) is 0 Å². The highest BCUT2D eigenvalue weighted by atomic mass is 79.9. The monoisotopic (exact) mass is 351 g/mol. The Kier molecular flexibility index (Phi) is 5.06. The number of aryl methyl sites for hydroxylation is 2. The van der Waals surface area contributed by atoms with E-state index in [-0.39, 0.29) is 6.04 Å². The van der Waals surface area contributed by atoms with Crippen molar-refractivity contribution in [1.29, 1.82) is 0 Å². The second-order valence-electron chi connectivity index (χ2n) is 5.40. The lowest BCUT2D eigenvalue weighted by Crippen LogP contribution is -2.26. The largest absolute Gasteiger partial charge is 0.496 e. The molecule has 0 bridgehead atoms. The maximum Gasteiger partial charge on any atom is 0.122 e. The van der Waals surface area contributed by atoms with Gasteiger partial charge in [0, 0.05) is 23.3 Å². The SMILES string of the molecule is COc1ccc(Br)cc1CC(N)Cc1c(C)nn(C)c1C. The molecule has 1 aromatic heterocycles. The normalized spacial score (nSPS) is 12.5. The number of benzene rings is 1. The van der Waals surface area contributed by atoms with Gasteiger partial charge in [0.15, 0.2) is 0 Å². The number of nitrogens with zero attached hydrogens (tertiary/aromatic N) is 2. The Morgan fingerprint density at radius 2 is 2.05 bits per heavy atom. The van der Waals surface area contributed by atoms with Crippen molar-refractivity contribution in [2.45, 2.75) is 32.7 Å². The molecule has 2 N–H and O–H groups in total. The van der Waals surface area contributed by atoms with Gasteiger partial charge >= 0.3 is 0 Å². The minimum atomic E-state index is 0.0369. The molecule has 0 amide bonds. The fraction of sp³-hybridized carbons (Fsp3) is 0.438. The van der Waals surface area contributed by atoms with Gasteiger partial charge in [-0.15, -0.1) is 0 Å². The molecule has 0 saturated carbocycles. The molecule has 0 spiro atoms. The van der Waals surface area contributed by atoms with Gasteiger partial charge in [0.2, 0.25) is 0 Å². The van der Waals surface area contributed by atoms with Gasteiger partial charge in [0.25, 0.3) is 0 Å². The van der Waals surface area contributed by atoms with Gasteiger partial charge in [0.05, 0.1) is 12.8 Å². The highest BCUT2D eigenvalue weighted by Crippen LogP contribution is 2.25. The van der Waals surface area contributed by atoms with Crippen LogP contribution in [0.15, 0.2) is 22.7 Å². The Morgan fingerprint density at radius 3 is 2.62 bits per heavy atom. The summed E-state index contributed by atoms with van der Waals surface area (Å²) in [6.07, 6.45) is 1.59. The van der Waals surface area contributed by atoms with Crippen LogP contribution in [-0.2, 0) is 19.9 Å². The molecule has 1 unspecified atom stereocenters.